The summed E-state index contributed by atoms with van der Waals surface area (Å²) in [5.74, 6) is 0. The Labute approximate surface area is 181 Å². The van der Waals surface area contributed by atoms with Crippen molar-refractivity contribution in [3.05, 3.63) is 9.87 Å². The highest BCUT2D eigenvalue weighted by Crippen LogP contribution is 3.38. The predicted octanol–water partition coefficient (Wildman–Crippen LogP) is 9.64. The average molecular weight is 471 g/mol. The number of rotatable bonds is 2. The highest BCUT2D eigenvalue weighted by molar-refractivity contribution is 8.29. The molecule has 0 spiro atoms. The lowest BCUT2D eigenvalue weighted by atomic mass is 9.80. The molecule has 0 nitrogen and oxygen atoms in total. The molecule has 4 rings (SSSR count). The molecule has 0 aromatic carbocycles. The summed E-state index contributed by atoms with van der Waals surface area (Å²) >= 11 is 0. The van der Waals surface area contributed by atoms with E-state index in [2.05, 4.69) is 111 Å². The number of hydrogen-bond donors (Lipinski definition) is 0. The van der Waals surface area contributed by atoms with Gasteiger partial charge in [0.15, 0.2) is 0 Å². The van der Waals surface area contributed by atoms with Gasteiger partial charge < -0.3 is 0 Å². The molecule has 4 atom stereocenters. The van der Waals surface area contributed by atoms with Crippen molar-refractivity contribution in [1.82, 2.24) is 0 Å². The number of fused-ring (bicyclic) bond motifs is 3. The van der Waals surface area contributed by atoms with Crippen LogP contribution in [0.5, 0.6) is 0 Å². The Balaban J connectivity index is 2.11. The minimum atomic E-state index is -1.32. The van der Waals surface area contributed by atoms with Crippen LogP contribution in [0.1, 0.15) is 62.3 Å². The van der Waals surface area contributed by atoms with Gasteiger partial charge in [0.25, 0.3) is 0 Å². The lowest BCUT2D eigenvalue weighted by molar-refractivity contribution is 0.294. The highest BCUT2D eigenvalue weighted by atomic mass is 31.3. The van der Waals surface area contributed by atoms with Gasteiger partial charge in [-0.3, -0.25) is 0 Å². The molecule has 0 N–H and O–H groups in total. The zero-order valence-corrected chi connectivity index (χ0v) is 26.0. The van der Waals surface area contributed by atoms with Crippen LogP contribution in [-0.2, 0) is 0 Å². The third-order valence-electron chi connectivity index (χ3n) is 7.86. The van der Waals surface area contributed by atoms with Crippen molar-refractivity contribution in [2.24, 2.45) is 16.2 Å². The Bertz CT molecular complexity index is 738. The molecule has 3 fully saturated rings. The van der Waals surface area contributed by atoms with Crippen LogP contribution in [0.25, 0.3) is 0 Å². The zero-order valence-electron chi connectivity index (χ0n) is 21.3. The average Bonchev–Trinajstić information content (AvgIpc) is 2.64. The van der Waals surface area contributed by atoms with Crippen LogP contribution >= 0.6 is 23.8 Å². The molecule has 0 aliphatic carbocycles. The molecule has 0 aromatic heterocycles. The van der Waals surface area contributed by atoms with Gasteiger partial charge in [-0.25, -0.2) is 0 Å². The molecule has 4 aliphatic rings. The van der Waals surface area contributed by atoms with Crippen LogP contribution in [0.2, 0.25) is 39.3 Å². The normalized spacial score (nSPS) is 44.9. The molecular formula is C23H45P3Si2. The van der Waals surface area contributed by atoms with Gasteiger partial charge in [0.05, 0.1) is 16.1 Å². The summed E-state index contributed by atoms with van der Waals surface area (Å²) in [5.41, 5.74) is 1.43. The summed E-state index contributed by atoms with van der Waals surface area (Å²) in [4.78, 5) is 5.77. The van der Waals surface area contributed by atoms with Crippen LogP contribution in [0.3, 0.4) is 0 Å². The van der Waals surface area contributed by atoms with Gasteiger partial charge in [-0.05, 0) is 16.2 Å². The first-order valence-corrected chi connectivity index (χ1v) is 22.3. The van der Waals surface area contributed by atoms with E-state index in [-0.39, 0.29) is 23.8 Å². The molecular weight excluding hydrogens is 425 g/mol. The summed E-state index contributed by atoms with van der Waals surface area (Å²) in [5, 5.41) is 0. The Hall–Kier alpha value is 1.46. The minimum Gasteiger partial charge on any atom is -0.0656 e. The Morgan fingerprint density at radius 3 is 1.00 bits per heavy atom. The fraction of sp³-hybridized carbons (Fsp3) is 0.913. The van der Waals surface area contributed by atoms with Crippen molar-refractivity contribution in [3.8, 4) is 0 Å². The van der Waals surface area contributed by atoms with E-state index < -0.39 is 16.1 Å². The van der Waals surface area contributed by atoms with Crippen molar-refractivity contribution < 1.29 is 0 Å². The molecule has 4 heterocycles. The third kappa shape index (κ3) is 1.87. The Kier molecular flexibility index (Phi) is 4.18. The summed E-state index contributed by atoms with van der Waals surface area (Å²) < 4.78 is 0.749. The van der Waals surface area contributed by atoms with E-state index in [9.17, 15) is 0 Å². The van der Waals surface area contributed by atoms with Crippen LogP contribution in [0, 0.1) is 16.2 Å². The second-order valence-electron chi connectivity index (χ2n) is 14.9. The maximum atomic E-state index is 2.69. The first-order chi connectivity index (χ1) is 12.1. The van der Waals surface area contributed by atoms with E-state index in [0.29, 0.717) is 26.0 Å². The van der Waals surface area contributed by atoms with Crippen LogP contribution in [-0.4, -0.2) is 30.6 Å². The fourth-order valence-electron chi connectivity index (χ4n) is 7.58. The Morgan fingerprint density at radius 1 is 0.536 bits per heavy atom. The van der Waals surface area contributed by atoms with Gasteiger partial charge in [0.2, 0.25) is 0 Å². The lowest BCUT2D eigenvalue weighted by Crippen LogP contribution is -2.47. The fourth-order valence-corrected chi connectivity index (χ4v) is 48.0. The van der Waals surface area contributed by atoms with Crippen molar-refractivity contribution in [1.29, 1.82) is 0 Å². The first-order valence-electron chi connectivity index (χ1n) is 11.3. The topological polar surface area (TPSA) is 0 Å². The molecule has 0 amide bonds. The van der Waals surface area contributed by atoms with Crippen molar-refractivity contribution in [3.63, 3.8) is 0 Å². The third-order valence-corrected chi connectivity index (χ3v) is 35.6. The van der Waals surface area contributed by atoms with E-state index >= 15 is 0 Å². The van der Waals surface area contributed by atoms with E-state index in [4.69, 9.17) is 0 Å². The molecule has 160 valence electrons. The molecule has 28 heavy (non-hydrogen) atoms. The van der Waals surface area contributed by atoms with Gasteiger partial charge in [-0.15, -0.1) is 0 Å². The molecule has 0 saturated carbocycles. The monoisotopic (exact) mass is 470 g/mol. The van der Waals surface area contributed by atoms with Crippen molar-refractivity contribution in [2.45, 2.75) is 116 Å². The smallest absolute Gasteiger partial charge is 0.0656 e. The predicted molar refractivity (Wildman–Crippen MR) is 141 cm³/mol. The second kappa shape index (κ2) is 5.17. The molecule has 5 heteroatoms. The highest BCUT2D eigenvalue weighted by Gasteiger charge is 3.12. The summed E-state index contributed by atoms with van der Waals surface area (Å²) in [6, 6.07) is 0. The largest absolute Gasteiger partial charge is 0.0782 e. The lowest BCUT2D eigenvalue weighted by Gasteiger charge is -2.66. The zero-order chi connectivity index (χ0) is 21.9. The maximum Gasteiger partial charge on any atom is 0.0782 e. The Morgan fingerprint density at radius 2 is 0.821 bits per heavy atom. The summed E-state index contributed by atoms with van der Waals surface area (Å²) in [6.07, 6.45) is 0. The van der Waals surface area contributed by atoms with Gasteiger partial charge >= 0.3 is 0 Å². The first kappa shape index (κ1) is 22.7. The second-order valence-corrected chi connectivity index (χ2v) is 35.1. The van der Waals surface area contributed by atoms with Gasteiger partial charge in [0.1, 0.15) is 0 Å². The van der Waals surface area contributed by atoms with Gasteiger partial charge in [-0.2, -0.15) is 0 Å². The maximum absolute atomic E-state index is 2.69. The molecule has 0 radical (unpaired) electrons. The van der Waals surface area contributed by atoms with Gasteiger partial charge in [-0.1, -0.05) is 135 Å². The van der Waals surface area contributed by atoms with E-state index in [1.54, 1.807) is 0 Å². The molecule has 3 saturated heterocycles. The summed E-state index contributed by atoms with van der Waals surface area (Å²) in [6.45, 7) is 39.9. The quantitative estimate of drug-likeness (QED) is 0.278. The SMILES string of the molecule is CC(C)(C)C12P3C([Si](C)(C)C)=C([Si](C)(C)C)P1C1(C(C)(C)C)P2C31C(C)(C)C. The van der Waals surface area contributed by atoms with Crippen LogP contribution < -0.4 is 0 Å². The van der Waals surface area contributed by atoms with Crippen LogP contribution in [0.4, 0.5) is 0 Å². The van der Waals surface area contributed by atoms with E-state index in [1.165, 1.54) is 0 Å². The minimum absolute atomic E-state index is 0.0253. The van der Waals surface area contributed by atoms with E-state index in [1.807, 2.05) is 0 Å². The van der Waals surface area contributed by atoms with E-state index in [0.717, 1.165) is 4.64 Å². The molecule has 0 bridgehead atoms. The molecule has 4 aliphatic heterocycles. The van der Waals surface area contributed by atoms with Crippen molar-refractivity contribution in [2.75, 3.05) is 0 Å². The van der Waals surface area contributed by atoms with Crippen LogP contribution in [0.15, 0.2) is 9.87 Å². The molecule has 0 aromatic rings. The molecule has 4 unspecified atom stereocenters. The van der Waals surface area contributed by atoms with Gasteiger partial charge in [0, 0.05) is 14.4 Å². The number of hydrogen-bond acceptors (Lipinski definition) is 0. The van der Waals surface area contributed by atoms with Crippen molar-refractivity contribution >= 4 is 39.9 Å². The summed E-state index contributed by atoms with van der Waals surface area (Å²) in [7, 11) is -2.43. The standard InChI is InChI=1S/C23H45P3Si2/c1-18(2,3)21-22(19(4,5)6)25-17(28(13,14)15)16(27(10,11)12)24(21)23(25,26(21)22)20(7,8)9/h1-15H3.